The van der Waals surface area contributed by atoms with Gasteiger partial charge in [-0.25, -0.2) is 0 Å². The fourth-order valence-corrected chi connectivity index (χ4v) is 0. The summed E-state index contributed by atoms with van der Waals surface area (Å²) in [7, 11) is 4.25. The molecule has 0 aromatic rings. The summed E-state index contributed by atoms with van der Waals surface area (Å²) < 4.78 is 4.25. The maximum atomic E-state index is 7.00. The maximum Gasteiger partial charge on any atom is 0.0351 e. The lowest BCUT2D eigenvalue weighted by molar-refractivity contribution is 0.277. The number of allylic oxidation sites excluding steroid dienone is 1. The molecule has 0 atom stereocenters. The molecule has 5 heteroatoms. The molecule has 0 bridgehead atoms. The fourth-order valence-electron chi connectivity index (χ4n) is 0. The minimum Gasteiger partial charge on any atom is -0.870 e. The highest BCUT2D eigenvalue weighted by Gasteiger charge is 1.25. The van der Waals surface area contributed by atoms with Crippen molar-refractivity contribution in [2.45, 2.75) is 6.92 Å². The first-order chi connectivity index (χ1) is 4.83. The van der Waals surface area contributed by atoms with E-state index in [0.29, 0.717) is 0 Å². The SMILES string of the molecule is C=C.C=CC.CO.COC.[OH-].[OH-].[OH3+]. The molecule has 0 saturated heterocycles. The Labute approximate surface area is 81.3 Å². The summed E-state index contributed by atoms with van der Waals surface area (Å²) in [6.45, 7) is 11.2. The first-order valence-corrected chi connectivity index (χ1v) is 2.75. The Bertz CT molecular complexity index is 33.7. The Morgan fingerprint density at radius 1 is 1.08 bits per heavy atom. The van der Waals surface area contributed by atoms with Crippen LogP contribution >= 0.6 is 0 Å². The van der Waals surface area contributed by atoms with Crippen molar-refractivity contribution < 1.29 is 26.3 Å². The zero-order chi connectivity index (χ0) is 9.41. The molecule has 0 rings (SSSR count). The average molecular weight is 201 g/mol. The molecule has 0 heterocycles. The highest BCUT2D eigenvalue weighted by Crippen LogP contribution is 1.38. The Morgan fingerprint density at radius 2 is 1.08 bits per heavy atom. The summed E-state index contributed by atoms with van der Waals surface area (Å²) in [5.41, 5.74) is 0. The summed E-state index contributed by atoms with van der Waals surface area (Å²) >= 11 is 0. The lowest BCUT2D eigenvalue weighted by Crippen LogP contribution is -1.55. The van der Waals surface area contributed by atoms with Crippen LogP contribution in [0.4, 0.5) is 0 Å². The van der Waals surface area contributed by atoms with Crippen LogP contribution in [0.1, 0.15) is 6.92 Å². The van der Waals surface area contributed by atoms with Crippen LogP contribution in [-0.2, 0) is 10.2 Å². The van der Waals surface area contributed by atoms with Crippen LogP contribution in [0, 0.1) is 0 Å². The summed E-state index contributed by atoms with van der Waals surface area (Å²) in [5.74, 6) is 0. The van der Waals surface area contributed by atoms with Crippen LogP contribution in [0.25, 0.3) is 0 Å². The number of aliphatic hydroxyl groups is 1. The third-order valence-electron chi connectivity index (χ3n) is 0. The van der Waals surface area contributed by atoms with Gasteiger partial charge in [0.15, 0.2) is 0 Å². The second-order valence-electron chi connectivity index (χ2n) is 0.816. The quantitative estimate of drug-likeness (QED) is 0.455. The number of aliphatic hydroxyl groups excluding tert-OH is 1. The van der Waals surface area contributed by atoms with Crippen molar-refractivity contribution >= 4 is 0 Å². The molecule has 0 saturated carbocycles. The van der Waals surface area contributed by atoms with Gasteiger partial charge in [-0.05, 0) is 6.92 Å². The minimum atomic E-state index is 0. The molecule has 5 nitrogen and oxygen atoms in total. The lowest BCUT2D eigenvalue weighted by Gasteiger charge is -1.61. The molecule has 0 aliphatic carbocycles. The van der Waals surface area contributed by atoms with Crippen molar-refractivity contribution in [1.29, 1.82) is 0 Å². The Hall–Kier alpha value is -0.720. The van der Waals surface area contributed by atoms with Gasteiger partial charge in [-0.2, -0.15) is 0 Å². The van der Waals surface area contributed by atoms with Crippen molar-refractivity contribution in [3.63, 3.8) is 0 Å². The zero-order valence-electron chi connectivity index (χ0n) is 9.03. The summed E-state index contributed by atoms with van der Waals surface area (Å²) in [6.07, 6.45) is 1.75. The molecule has 0 aliphatic heterocycles. The summed E-state index contributed by atoms with van der Waals surface area (Å²) in [6, 6.07) is 0. The van der Waals surface area contributed by atoms with Gasteiger partial charge >= 0.3 is 0 Å². The second kappa shape index (κ2) is 728. The van der Waals surface area contributed by atoms with Crippen LogP contribution in [0.15, 0.2) is 25.8 Å². The van der Waals surface area contributed by atoms with E-state index in [1.165, 1.54) is 0 Å². The Kier molecular flexibility index (Phi) is 3140. The first kappa shape index (κ1) is 56.0. The van der Waals surface area contributed by atoms with E-state index in [2.05, 4.69) is 24.5 Å². The van der Waals surface area contributed by atoms with Gasteiger partial charge in [-0.1, -0.05) is 6.08 Å². The molecule has 0 aromatic heterocycles. The van der Waals surface area contributed by atoms with Gasteiger partial charge in [-0.15, -0.1) is 19.7 Å². The van der Waals surface area contributed by atoms with E-state index in [1.807, 2.05) is 6.92 Å². The molecular weight excluding hydrogens is 176 g/mol. The van der Waals surface area contributed by atoms with Crippen molar-refractivity contribution in [3.05, 3.63) is 25.8 Å². The topological polar surface area (TPSA) is 122 Å². The van der Waals surface area contributed by atoms with Crippen LogP contribution < -0.4 is 0 Å². The van der Waals surface area contributed by atoms with E-state index >= 15 is 0 Å². The van der Waals surface area contributed by atoms with Crippen molar-refractivity contribution in [2.75, 3.05) is 21.3 Å². The third-order valence-corrected chi connectivity index (χ3v) is 0. The maximum absolute atomic E-state index is 7.00. The third kappa shape index (κ3) is 1870. The van der Waals surface area contributed by atoms with E-state index in [9.17, 15) is 0 Å². The smallest absolute Gasteiger partial charge is 0.0351 e. The average Bonchev–Trinajstić information content (AvgIpc) is 1.99. The molecule has 0 radical (unpaired) electrons. The number of hydrogen-bond donors (Lipinski definition) is 1. The molecule has 13 heavy (non-hydrogen) atoms. The molecule has 0 aliphatic rings. The number of ether oxygens (including phenoxy) is 1. The number of hydrogen-bond acceptors (Lipinski definition) is 4. The molecule has 6 N–H and O–H groups in total. The van der Waals surface area contributed by atoms with Gasteiger partial charge in [0.05, 0.1) is 0 Å². The molecular formula is C8H25O5-. The van der Waals surface area contributed by atoms with Gasteiger partial charge in [0.25, 0.3) is 0 Å². The van der Waals surface area contributed by atoms with Crippen LogP contribution in [-0.4, -0.2) is 37.4 Å². The highest BCUT2D eigenvalue weighted by molar-refractivity contribution is 4.51. The van der Waals surface area contributed by atoms with Crippen molar-refractivity contribution in [2.24, 2.45) is 0 Å². The van der Waals surface area contributed by atoms with E-state index in [0.717, 1.165) is 7.11 Å². The Morgan fingerprint density at radius 3 is 1.08 bits per heavy atom. The molecule has 0 aromatic carbocycles. The van der Waals surface area contributed by atoms with Crippen LogP contribution in [0.3, 0.4) is 0 Å². The van der Waals surface area contributed by atoms with Crippen LogP contribution in [0.2, 0.25) is 0 Å². The zero-order valence-corrected chi connectivity index (χ0v) is 9.03. The van der Waals surface area contributed by atoms with Gasteiger partial charge in [0.1, 0.15) is 0 Å². The summed E-state index contributed by atoms with van der Waals surface area (Å²) in [4.78, 5) is 0. The van der Waals surface area contributed by atoms with E-state index in [1.54, 1.807) is 20.3 Å². The second-order valence-corrected chi connectivity index (χ2v) is 0.816. The predicted octanol–water partition coefficient (Wildman–Crippen LogP) is 0.590. The van der Waals surface area contributed by atoms with E-state index in [-0.39, 0.29) is 16.4 Å². The van der Waals surface area contributed by atoms with E-state index < -0.39 is 0 Å². The molecule has 0 spiro atoms. The molecule has 88 valence electrons. The predicted molar refractivity (Wildman–Crippen MR) is 56.9 cm³/mol. The normalized spacial score (nSPS) is 3.15. The number of rotatable bonds is 0. The lowest BCUT2D eigenvalue weighted by atomic mass is 10.8. The van der Waals surface area contributed by atoms with Crippen LogP contribution in [0.5, 0.6) is 0 Å². The highest BCUT2D eigenvalue weighted by atomic mass is 16.4. The molecule has 0 fully saturated rings. The monoisotopic (exact) mass is 201 g/mol. The van der Waals surface area contributed by atoms with Crippen molar-refractivity contribution in [1.82, 2.24) is 0 Å². The summed E-state index contributed by atoms with van der Waals surface area (Å²) in [5, 5.41) is 7.00. The molecule has 0 amide bonds. The van der Waals surface area contributed by atoms with Gasteiger partial charge in [-0.3, -0.25) is 0 Å². The van der Waals surface area contributed by atoms with Crippen molar-refractivity contribution in [3.8, 4) is 0 Å². The standard InChI is InChI=1S/C3H6.C2H6O.C2H4.CH4O.3H2O/c2*1-3-2;2*1-2;;;/h3H,1H2,2H3;1-2H3;1-2H2;2H,1H3;3*1H2/p-1. The first-order valence-electron chi connectivity index (χ1n) is 2.75. The number of methoxy groups -OCH3 is 1. The minimum absolute atomic E-state index is 0. The van der Waals surface area contributed by atoms with E-state index in [4.69, 9.17) is 5.11 Å². The molecule has 0 unspecified atom stereocenters. The van der Waals surface area contributed by atoms with Gasteiger partial charge < -0.3 is 26.3 Å². The fraction of sp³-hybridized carbons (Fsp3) is 0.500. The van der Waals surface area contributed by atoms with Gasteiger partial charge in [0.2, 0.25) is 0 Å². The van der Waals surface area contributed by atoms with Gasteiger partial charge in [0, 0.05) is 21.3 Å². The largest absolute Gasteiger partial charge is 0.870 e. The Balaban J connectivity index is -0.00000000698.